The molecule has 4 heteroatoms. The lowest BCUT2D eigenvalue weighted by Crippen LogP contribution is -1.95. The molecule has 0 amide bonds. The quantitative estimate of drug-likeness (QED) is 0.822. The minimum atomic E-state index is -0.498. The van der Waals surface area contributed by atoms with Gasteiger partial charge in [-0.2, -0.15) is 0 Å². The number of hydrogen-bond acceptors (Lipinski definition) is 3. The summed E-state index contributed by atoms with van der Waals surface area (Å²) in [5, 5.41) is 10.1. The third-order valence-electron chi connectivity index (χ3n) is 2.22. The topological polar surface area (TPSA) is 38.7 Å². The molecule has 14 heavy (non-hydrogen) atoms. The first-order valence-corrected chi connectivity index (χ1v) is 4.87. The number of rotatable bonds is 2. The van der Waals surface area contributed by atoms with Gasteiger partial charge in [-0.25, -0.2) is 0 Å². The van der Waals surface area contributed by atoms with Gasteiger partial charge >= 0.3 is 0 Å². The highest BCUT2D eigenvalue weighted by Gasteiger charge is 2.19. The highest BCUT2D eigenvalue weighted by atomic mass is 35.5. The van der Waals surface area contributed by atoms with Crippen molar-refractivity contribution in [1.29, 1.82) is 0 Å². The van der Waals surface area contributed by atoms with Gasteiger partial charge in [0.1, 0.15) is 0 Å². The van der Waals surface area contributed by atoms with E-state index < -0.39 is 6.10 Å². The maximum Gasteiger partial charge on any atom is 0.231 e. The number of halogens is 1. The Morgan fingerprint density at radius 3 is 3.00 bits per heavy atom. The Balaban J connectivity index is 2.41. The van der Waals surface area contributed by atoms with Crippen LogP contribution in [-0.4, -0.2) is 11.9 Å². The standard InChI is InChI=1S/C10H11ClO3/c1-2-8(12)6-3-7(11)10-9(4-6)13-5-14-10/h3-4,8,12H,2,5H2,1H3. The van der Waals surface area contributed by atoms with Crippen LogP contribution in [0, 0.1) is 0 Å². The summed E-state index contributed by atoms with van der Waals surface area (Å²) < 4.78 is 10.4. The molecule has 0 aromatic heterocycles. The first-order chi connectivity index (χ1) is 6.72. The molecule has 1 N–H and O–H groups in total. The maximum atomic E-state index is 9.63. The minimum Gasteiger partial charge on any atom is -0.454 e. The molecule has 0 spiro atoms. The van der Waals surface area contributed by atoms with Crippen LogP contribution in [0.15, 0.2) is 12.1 Å². The van der Waals surface area contributed by atoms with Crippen LogP contribution in [0.3, 0.4) is 0 Å². The van der Waals surface area contributed by atoms with Crippen LogP contribution in [-0.2, 0) is 0 Å². The number of fused-ring (bicyclic) bond motifs is 1. The highest BCUT2D eigenvalue weighted by Crippen LogP contribution is 2.41. The summed E-state index contributed by atoms with van der Waals surface area (Å²) >= 11 is 5.96. The zero-order valence-corrected chi connectivity index (χ0v) is 8.54. The lowest BCUT2D eigenvalue weighted by atomic mass is 10.1. The van der Waals surface area contributed by atoms with Crippen molar-refractivity contribution in [3.05, 3.63) is 22.7 Å². The van der Waals surface area contributed by atoms with Crippen LogP contribution < -0.4 is 9.47 Å². The first kappa shape index (κ1) is 9.62. The molecule has 3 nitrogen and oxygen atoms in total. The van der Waals surface area contributed by atoms with Crippen molar-refractivity contribution >= 4 is 11.6 Å². The third-order valence-corrected chi connectivity index (χ3v) is 2.50. The van der Waals surface area contributed by atoms with Crippen molar-refractivity contribution in [3.8, 4) is 11.5 Å². The van der Waals surface area contributed by atoms with Gasteiger partial charge < -0.3 is 14.6 Å². The molecule has 1 aromatic rings. The fourth-order valence-electron chi connectivity index (χ4n) is 1.42. The van der Waals surface area contributed by atoms with E-state index in [-0.39, 0.29) is 6.79 Å². The van der Waals surface area contributed by atoms with E-state index in [1.807, 2.05) is 6.92 Å². The SMILES string of the molecule is CCC(O)c1cc(Cl)c2c(c1)OCO2. The van der Waals surface area contributed by atoms with Gasteiger partial charge in [-0.3, -0.25) is 0 Å². The Bertz CT molecular complexity index is 351. The summed E-state index contributed by atoms with van der Waals surface area (Å²) in [5.74, 6) is 1.18. The van der Waals surface area contributed by atoms with Crippen LogP contribution in [0.25, 0.3) is 0 Å². The van der Waals surface area contributed by atoms with E-state index in [9.17, 15) is 5.11 Å². The Morgan fingerprint density at radius 1 is 1.50 bits per heavy atom. The van der Waals surface area contributed by atoms with Crippen molar-refractivity contribution in [2.45, 2.75) is 19.4 Å². The van der Waals surface area contributed by atoms with Gasteiger partial charge in [0.25, 0.3) is 0 Å². The summed E-state index contributed by atoms with van der Waals surface area (Å²) in [7, 11) is 0. The van der Waals surface area contributed by atoms with Gasteiger partial charge in [0, 0.05) is 0 Å². The lowest BCUT2D eigenvalue weighted by Gasteiger charge is -2.09. The van der Waals surface area contributed by atoms with E-state index in [0.717, 1.165) is 5.56 Å². The summed E-state index contributed by atoms with van der Waals surface area (Å²) in [6.07, 6.45) is 0.151. The molecule has 1 atom stereocenters. The van der Waals surface area contributed by atoms with E-state index in [4.69, 9.17) is 21.1 Å². The molecule has 0 radical (unpaired) electrons. The van der Waals surface area contributed by atoms with E-state index >= 15 is 0 Å². The number of aliphatic hydroxyl groups excluding tert-OH is 1. The Labute approximate surface area is 87.2 Å². The molecule has 76 valence electrons. The Kier molecular flexibility index (Phi) is 2.52. The maximum absolute atomic E-state index is 9.63. The minimum absolute atomic E-state index is 0.195. The molecular weight excluding hydrogens is 204 g/mol. The third kappa shape index (κ3) is 1.53. The molecule has 0 saturated heterocycles. The van der Waals surface area contributed by atoms with Gasteiger partial charge in [0.05, 0.1) is 11.1 Å². The summed E-state index contributed by atoms with van der Waals surface area (Å²) in [6.45, 7) is 2.10. The van der Waals surface area contributed by atoms with Crippen LogP contribution in [0.4, 0.5) is 0 Å². The monoisotopic (exact) mass is 214 g/mol. The normalized spacial score (nSPS) is 15.6. The zero-order chi connectivity index (χ0) is 10.1. The molecule has 1 heterocycles. The molecule has 0 bridgehead atoms. The zero-order valence-electron chi connectivity index (χ0n) is 7.79. The predicted molar refractivity (Wildman–Crippen MR) is 52.8 cm³/mol. The molecule has 1 aromatic carbocycles. The van der Waals surface area contributed by atoms with Gasteiger partial charge in [0.15, 0.2) is 11.5 Å². The van der Waals surface area contributed by atoms with Crippen molar-refractivity contribution in [3.63, 3.8) is 0 Å². The molecule has 1 aliphatic rings. The van der Waals surface area contributed by atoms with Crippen molar-refractivity contribution in [2.75, 3.05) is 6.79 Å². The van der Waals surface area contributed by atoms with Crippen molar-refractivity contribution in [1.82, 2.24) is 0 Å². The van der Waals surface area contributed by atoms with Gasteiger partial charge in [-0.15, -0.1) is 0 Å². The summed E-state index contributed by atoms with van der Waals surface area (Å²) in [4.78, 5) is 0. The first-order valence-electron chi connectivity index (χ1n) is 4.49. The molecule has 0 aliphatic carbocycles. The average molecular weight is 215 g/mol. The second kappa shape index (κ2) is 3.67. The van der Waals surface area contributed by atoms with E-state index in [0.29, 0.717) is 22.9 Å². The Hall–Kier alpha value is -0.930. The molecule has 0 fully saturated rings. The van der Waals surface area contributed by atoms with Gasteiger partial charge in [-0.05, 0) is 24.1 Å². The molecular formula is C10H11ClO3. The van der Waals surface area contributed by atoms with Crippen LogP contribution >= 0.6 is 11.6 Å². The van der Waals surface area contributed by atoms with Crippen molar-refractivity contribution in [2.24, 2.45) is 0 Å². The number of benzene rings is 1. The number of aliphatic hydroxyl groups is 1. The summed E-state index contributed by atoms with van der Waals surface area (Å²) in [5.41, 5.74) is 0.766. The molecule has 1 aliphatic heterocycles. The van der Waals surface area contributed by atoms with E-state index in [2.05, 4.69) is 0 Å². The van der Waals surface area contributed by atoms with Gasteiger partial charge in [-0.1, -0.05) is 18.5 Å². The van der Waals surface area contributed by atoms with Crippen LogP contribution in [0.1, 0.15) is 25.0 Å². The summed E-state index contributed by atoms with van der Waals surface area (Å²) in [6, 6.07) is 3.48. The predicted octanol–water partition coefficient (Wildman–Crippen LogP) is 2.51. The second-order valence-electron chi connectivity index (χ2n) is 3.16. The van der Waals surface area contributed by atoms with Gasteiger partial charge in [0.2, 0.25) is 6.79 Å². The van der Waals surface area contributed by atoms with E-state index in [1.165, 1.54) is 0 Å². The van der Waals surface area contributed by atoms with E-state index in [1.54, 1.807) is 12.1 Å². The average Bonchev–Trinajstić information content (AvgIpc) is 2.64. The molecule has 2 rings (SSSR count). The number of hydrogen-bond donors (Lipinski definition) is 1. The second-order valence-corrected chi connectivity index (χ2v) is 3.57. The number of ether oxygens (including phenoxy) is 2. The van der Waals surface area contributed by atoms with Crippen molar-refractivity contribution < 1.29 is 14.6 Å². The smallest absolute Gasteiger partial charge is 0.231 e. The fourth-order valence-corrected chi connectivity index (χ4v) is 1.69. The van der Waals surface area contributed by atoms with Crippen LogP contribution in [0.2, 0.25) is 5.02 Å². The fraction of sp³-hybridized carbons (Fsp3) is 0.400. The molecule has 1 unspecified atom stereocenters. The van der Waals surface area contributed by atoms with Crippen LogP contribution in [0.5, 0.6) is 11.5 Å². The molecule has 0 saturated carbocycles. The highest BCUT2D eigenvalue weighted by molar-refractivity contribution is 6.32. The largest absolute Gasteiger partial charge is 0.454 e. The lowest BCUT2D eigenvalue weighted by molar-refractivity contribution is 0.169. The Morgan fingerprint density at radius 2 is 2.29 bits per heavy atom.